The molecule has 3 amide bonds. The van der Waals surface area contributed by atoms with Gasteiger partial charge < -0.3 is 10.1 Å². The zero-order valence-corrected chi connectivity index (χ0v) is 16.1. The molecule has 0 radical (unpaired) electrons. The molecule has 1 aliphatic heterocycles. The van der Waals surface area contributed by atoms with Crippen molar-refractivity contribution in [1.29, 1.82) is 0 Å². The summed E-state index contributed by atoms with van der Waals surface area (Å²) in [4.78, 5) is 27.1. The fourth-order valence-electron chi connectivity index (χ4n) is 2.58. The molecule has 2 aromatic rings. The van der Waals surface area contributed by atoms with E-state index in [-0.39, 0.29) is 12.5 Å². The fourth-order valence-corrected chi connectivity index (χ4v) is 4.31. The van der Waals surface area contributed by atoms with Gasteiger partial charge in [0.05, 0.1) is 22.5 Å². The predicted molar refractivity (Wildman–Crippen MR) is 96.5 cm³/mol. The summed E-state index contributed by atoms with van der Waals surface area (Å²) in [6, 6.07) is 8.50. The lowest BCUT2D eigenvalue weighted by Crippen LogP contribution is -2.40. The largest absolute Gasteiger partial charge is 0.496 e. The number of benzene rings is 1. The highest BCUT2D eigenvalue weighted by Gasteiger charge is 2.49. The molecule has 0 aliphatic carbocycles. The molecular formula is C16H14BrClN2O3S. The smallest absolute Gasteiger partial charge is 0.325 e. The van der Waals surface area contributed by atoms with E-state index in [2.05, 4.69) is 21.2 Å². The molecule has 1 aromatic carbocycles. The summed E-state index contributed by atoms with van der Waals surface area (Å²) in [5.74, 6) is 0.395. The Labute approximate surface area is 156 Å². The van der Waals surface area contributed by atoms with Gasteiger partial charge in [0.25, 0.3) is 5.91 Å². The Morgan fingerprint density at radius 3 is 2.67 bits per heavy atom. The molecular weight excluding hydrogens is 416 g/mol. The molecule has 1 atom stereocenters. The quantitative estimate of drug-likeness (QED) is 0.743. The second-order valence-electron chi connectivity index (χ2n) is 5.52. The number of methoxy groups -OCH3 is 1. The van der Waals surface area contributed by atoms with Crippen LogP contribution in [0.3, 0.4) is 0 Å². The molecule has 0 saturated carbocycles. The first-order chi connectivity index (χ1) is 11.3. The molecule has 0 spiro atoms. The van der Waals surface area contributed by atoms with Gasteiger partial charge >= 0.3 is 6.03 Å². The highest BCUT2D eigenvalue weighted by atomic mass is 79.9. The lowest BCUT2D eigenvalue weighted by Gasteiger charge is -2.20. The van der Waals surface area contributed by atoms with Crippen LogP contribution >= 0.6 is 38.9 Å². The van der Waals surface area contributed by atoms with Crippen molar-refractivity contribution in [3.8, 4) is 5.75 Å². The molecule has 24 heavy (non-hydrogen) atoms. The Hall–Kier alpha value is -1.57. The zero-order chi connectivity index (χ0) is 17.5. The molecule has 1 N–H and O–H groups in total. The number of nitrogens with one attached hydrogen (secondary N) is 1. The van der Waals surface area contributed by atoms with Crippen molar-refractivity contribution in [3.63, 3.8) is 0 Å². The van der Waals surface area contributed by atoms with Gasteiger partial charge in [0, 0.05) is 4.88 Å². The van der Waals surface area contributed by atoms with E-state index in [4.69, 9.17) is 16.3 Å². The number of carbonyl (C=O) groups excluding carboxylic acids is 2. The second-order valence-corrected chi connectivity index (χ2v) is 8.09. The minimum absolute atomic E-state index is 0.182. The van der Waals surface area contributed by atoms with Crippen LogP contribution in [0.15, 0.2) is 34.8 Å². The number of thiophene rings is 1. The van der Waals surface area contributed by atoms with E-state index < -0.39 is 11.6 Å². The monoisotopic (exact) mass is 428 g/mol. The molecule has 2 heterocycles. The van der Waals surface area contributed by atoms with Gasteiger partial charge in [-0.15, -0.1) is 11.3 Å². The van der Waals surface area contributed by atoms with Gasteiger partial charge in [-0.2, -0.15) is 0 Å². The number of rotatable bonds is 4. The maximum atomic E-state index is 12.8. The van der Waals surface area contributed by atoms with Crippen molar-refractivity contribution >= 4 is 50.8 Å². The lowest BCUT2D eigenvalue weighted by molar-refractivity contribution is -0.131. The fraction of sp³-hybridized carbons (Fsp3) is 0.250. The number of amides is 3. The highest BCUT2D eigenvalue weighted by molar-refractivity contribution is 9.10. The highest BCUT2D eigenvalue weighted by Crippen LogP contribution is 2.36. The number of hydrogen-bond acceptors (Lipinski definition) is 4. The van der Waals surface area contributed by atoms with Gasteiger partial charge in [0.15, 0.2) is 5.54 Å². The van der Waals surface area contributed by atoms with Crippen molar-refractivity contribution in [2.45, 2.75) is 19.0 Å². The Bertz CT molecular complexity index is 825. The van der Waals surface area contributed by atoms with Gasteiger partial charge in [0.1, 0.15) is 5.75 Å². The van der Waals surface area contributed by atoms with Crippen LogP contribution in [0.5, 0.6) is 5.75 Å². The van der Waals surface area contributed by atoms with Crippen LogP contribution < -0.4 is 10.1 Å². The summed E-state index contributed by atoms with van der Waals surface area (Å²) in [5.41, 5.74) is -0.266. The van der Waals surface area contributed by atoms with Crippen LogP contribution in [0.1, 0.15) is 17.4 Å². The van der Waals surface area contributed by atoms with E-state index in [0.717, 1.165) is 10.0 Å². The molecule has 126 valence electrons. The first kappa shape index (κ1) is 17.3. The van der Waals surface area contributed by atoms with E-state index in [9.17, 15) is 9.59 Å². The van der Waals surface area contributed by atoms with E-state index in [1.165, 1.54) is 16.2 Å². The first-order valence-corrected chi connectivity index (χ1v) is 9.06. The zero-order valence-electron chi connectivity index (χ0n) is 12.9. The molecule has 0 bridgehead atoms. The van der Waals surface area contributed by atoms with E-state index in [1.54, 1.807) is 32.2 Å². The number of hydrogen-bond donors (Lipinski definition) is 1. The molecule has 0 unspecified atom stereocenters. The summed E-state index contributed by atoms with van der Waals surface area (Å²) in [7, 11) is 1.58. The van der Waals surface area contributed by atoms with Crippen LogP contribution in [-0.2, 0) is 16.9 Å². The molecule has 8 heteroatoms. The first-order valence-electron chi connectivity index (χ1n) is 7.07. The maximum Gasteiger partial charge on any atom is 0.325 e. The number of nitrogens with zero attached hydrogens (tertiary/aromatic N) is 1. The average molecular weight is 430 g/mol. The summed E-state index contributed by atoms with van der Waals surface area (Å²) >= 11 is 10.7. The molecule has 1 aliphatic rings. The third-order valence-electron chi connectivity index (χ3n) is 3.90. The van der Waals surface area contributed by atoms with Crippen molar-refractivity contribution in [3.05, 3.63) is 49.6 Å². The van der Waals surface area contributed by atoms with Crippen LogP contribution in [-0.4, -0.2) is 23.9 Å². The molecule has 1 saturated heterocycles. The Morgan fingerprint density at radius 2 is 2.08 bits per heavy atom. The van der Waals surface area contributed by atoms with E-state index in [0.29, 0.717) is 15.0 Å². The number of ether oxygens (including phenoxy) is 1. The second kappa shape index (κ2) is 6.38. The van der Waals surface area contributed by atoms with Gasteiger partial charge in [0.2, 0.25) is 0 Å². The SMILES string of the molecule is COc1ccc(CN2C(=O)N[C@@](C)(c3ccc(Cl)s3)C2=O)cc1Br. The number of urea groups is 1. The van der Waals surface area contributed by atoms with Crippen molar-refractivity contribution in [1.82, 2.24) is 10.2 Å². The minimum atomic E-state index is -1.08. The Morgan fingerprint density at radius 1 is 1.33 bits per heavy atom. The predicted octanol–water partition coefficient (Wildman–Crippen LogP) is 4.14. The van der Waals surface area contributed by atoms with Gasteiger partial charge in [-0.1, -0.05) is 17.7 Å². The van der Waals surface area contributed by atoms with Gasteiger partial charge in [-0.25, -0.2) is 4.79 Å². The standard InChI is InChI=1S/C16H14BrClN2O3S/c1-16(12-5-6-13(18)24-12)14(21)20(15(22)19-16)8-9-3-4-11(23-2)10(17)7-9/h3-7H,8H2,1-2H3,(H,19,22)/t16-/m0/s1. The normalized spacial score (nSPS) is 20.4. The molecule has 5 nitrogen and oxygen atoms in total. The van der Waals surface area contributed by atoms with Crippen LogP contribution in [0.25, 0.3) is 0 Å². The summed E-state index contributed by atoms with van der Waals surface area (Å²) in [6.07, 6.45) is 0. The summed E-state index contributed by atoms with van der Waals surface area (Å²) in [6.45, 7) is 1.88. The third kappa shape index (κ3) is 2.92. The Balaban J connectivity index is 1.86. The van der Waals surface area contributed by atoms with Gasteiger partial charge in [-0.05, 0) is 52.7 Å². The van der Waals surface area contributed by atoms with Crippen LogP contribution in [0.2, 0.25) is 4.34 Å². The number of carbonyl (C=O) groups is 2. The summed E-state index contributed by atoms with van der Waals surface area (Å²) in [5, 5.41) is 2.77. The summed E-state index contributed by atoms with van der Waals surface area (Å²) < 4.78 is 6.53. The Kier molecular flexibility index (Phi) is 4.59. The van der Waals surface area contributed by atoms with Crippen molar-refractivity contribution < 1.29 is 14.3 Å². The number of imide groups is 1. The lowest BCUT2D eigenvalue weighted by atomic mass is 10.0. The van der Waals surface area contributed by atoms with Crippen molar-refractivity contribution in [2.75, 3.05) is 7.11 Å². The van der Waals surface area contributed by atoms with Crippen molar-refractivity contribution in [2.24, 2.45) is 0 Å². The molecule has 3 rings (SSSR count). The minimum Gasteiger partial charge on any atom is -0.496 e. The maximum absolute atomic E-state index is 12.8. The van der Waals surface area contributed by atoms with E-state index in [1.807, 2.05) is 12.1 Å². The molecule has 1 aromatic heterocycles. The van der Waals surface area contributed by atoms with Gasteiger partial charge in [-0.3, -0.25) is 9.69 Å². The topological polar surface area (TPSA) is 58.6 Å². The molecule has 1 fully saturated rings. The average Bonchev–Trinajstić information content (AvgIpc) is 3.06. The van der Waals surface area contributed by atoms with E-state index >= 15 is 0 Å². The third-order valence-corrected chi connectivity index (χ3v) is 5.97. The number of halogens is 2. The van der Waals surface area contributed by atoms with Crippen LogP contribution in [0.4, 0.5) is 4.79 Å². The van der Waals surface area contributed by atoms with Crippen LogP contribution in [0, 0.1) is 0 Å².